The molecule has 0 unspecified atom stereocenters. The number of benzene rings is 1. The minimum atomic E-state index is -1.07. The van der Waals surface area contributed by atoms with E-state index in [0.717, 1.165) is 13.0 Å². The maximum absolute atomic E-state index is 13.2. The van der Waals surface area contributed by atoms with Gasteiger partial charge in [-0.25, -0.2) is 4.39 Å². The molecule has 0 aliphatic carbocycles. The third kappa shape index (κ3) is 3.04. The Morgan fingerprint density at radius 2 is 2.18 bits per heavy atom. The van der Waals surface area contributed by atoms with Crippen molar-refractivity contribution in [3.05, 3.63) is 46.0 Å². The van der Waals surface area contributed by atoms with Gasteiger partial charge in [-0.2, -0.15) is 0 Å². The minimum Gasteiger partial charge on any atom is -0.393 e. The Hall–Kier alpha value is -1.76. The number of likely N-dealkylation sites (tertiary alicyclic amines) is 1. The van der Waals surface area contributed by atoms with Crippen LogP contribution in [0, 0.1) is 5.82 Å². The number of fused-ring (bicyclic) bond motifs is 1. The van der Waals surface area contributed by atoms with Gasteiger partial charge >= 0.3 is 0 Å². The maximum Gasteiger partial charge on any atom is 0.189 e. The number of hydrogen-bond acceptors (Lipinski definition) is 4. The van der Waals surface area contributed by atoms with E-state index in [1.807, 2.05) is 4.90 Å². The lowest BCUT2D eigenvalue weighted by Crippen LogP contribution is -2.50. The van der Waals surface area contributed by atoms with E-state index in [0.29, 0.717) is 36.1 Å². The average Bonchev–Trinajstić information content (AvgIpc) is 2.48. The van der Waals surface area contributed by atoms with Crippen molar-refractivity contribution in [2.75, 3.05) is 19.7 Å². The number of pyridine rings is 1. The Labute approximate surface area is 127 Å². The molecule has 1 atom stereocenters. The fraction of sp³-hybridized carbons (Fsp3) is 0.438. The van der Waals surface area contributed by atoms with Crippen LogP contribution in [0.1, 0.15) is 18.5 Å². The van der Waals surface area contributed by atoms with Gasteiger partial charge in [0.1, 0.15) is 11.4 Å². The first-order valence-electron chi connectivity index (χ1n) is 7.36. The molecule has 1 fully saturated rings. The smallest absolute Gasteiger partial charge is 0.189 e. The Morgan fingerprint density at radius 3 is 2.95 bits per heavy atom. The molecule has 0 spiro atoms. The maximum atomic E-state index is 13.2. The molecule has 1 aromatic carbocycles. The third-order valence-electron chi connectivity index (χ3n) is 4.17. The van der Waals surface area contributed by atoms with Crippen LogP contribution in [-0.4, -0.2) is 45.4 Å². The quantitative estimate of drug-likeness (QED) is 0.790. The normalized spacial score (nSPS) is 23.0. The number of nitrogens with zero attached hydrogens (tertiary/aromatic N) is 1. The molecule has 118 valence electrons. The Bertz CT molecular complexity index is 746. The lowest BCUT2D eigenvalue weighted by molar-refractivity contribution is -0.0689. The van der Waals surface area contributed by atoms with Crippen LogP contribution in [0.25, 0.3) is 10.9 Å². The number of aromatic nitrogens is 1. The first kappa shape index (κ1) is 15.1. The number of piperidine rings is 1. The average molecular weight is 306 g/mol. The SMILES string of the molecule is O=c1cc(CN2CCC[C@](O)(CO)C2)[nH]c2ccc(F)cc12. The summed E-state index contributed by atoms with van der Waals surface area (Å²) in [6.07, 6.45) is 1.37. The summed E-state index contributed by atoms with van der Waals surface area (Å²) in [5.74, 6) is -0.435. The van der Waals surface area contributed by atoms with Gasteiger partial charge in [-0.3, -0.25) is 9.69 Å². The van der Waals surface area contributed by atoms with Crippen molar-refractivity contribution in [2.24, 2.45) is 0 Å². The zero-order chi connectivity index (χ0) is 15.7. The summed E-state index contributed by atoms with van der Waals surface area (Å²) in [6.45, 7) is 1.38. The molecule has 0 radical (unpaired) electrons. The van der Waals surface area contributed by atoms with Gasteiger partial charge in [0.2, 0.25) is 0 Å². The highest BCUT2D eigenvalue weighted by Crippen LogP contribution is 2.22. The molecule has 0 saturated carbocycles. The zero-order valence-electron chi connectivity index (χ0n) is 12.2. The minimum absolute atomic E-state index is 0.224. The fourth-order valence-corrected chi connectivity index (χ4v) is 3.07. The van der Waals surface area contributed by atoms with E-state index in [2.05, 4.69) is 4.98 Å². The Kier molecular flexibility index (Phi) is 3.99. The zero-order valence-corrected chi connectivity index (χ0v) is 12.2. The molecule has 2 heterocycles. The highest BCUT2D eigenvalue weighted by molar-refractivity contribution is 5.78. The van der Waals surface area contributed by atoms with E-state index >= 15 is 0 Å². The molecule has 6 heteroatoms. The van der Waals surface area contributed by atoms with Crippen LogP contribution >= 0.6 is 0 Å². The Morgan fingerprint density at radius 1 is 1.36 bits per heavy atom. The summed E-state index contributed by atoms with van der Waals surface area (Å²) < 4.78 is 13.2. The van der Waals surface area contributed by atoms with Gasteiger partial charge in [0.25, 0.3) is 0 Å². The third-order valence-corrected chi connectivity index (χ3v) is 4.17. The van der Waals surface area contributed by atoms with Gasteiger partial charge in [-0.15, -0.1) is 0 Å². The summed E-state index contributed by atoms with van der Waals surface area (Å²) >= 11 is 0. The highest BCUT2D eigenvalue weighted by Gasteiger charge is 2.32. The van der Waals surface area contributed by atoms with Crippen LogP contribution in [0.3, 0.4) is 0 Å². The topological polar surface area (TPSA) is 76.6 Å². The molecule has 5 nitrogen and oxygen atoms in total. The molecule has 22 heavy (non-hydrogen) atoms. The first-order valence-corrected chi connectivity index (χ1v) is 7.36. The number of halogens is 1. The molecule has 0 bridgehead atoms. The van der Waals surface area contributed by atoms with Gasteiger partial charge in [0.15, 0.2) is 5.43 Å². The second-order valence-corrected chi connectivity index (χ2v) is 6.05. The molecule has 1 aliphatic heterocycles. The second kappa shape index (κ2) is 5.79. The molecule has 3 rings (SSSR count). The van der Waals surface area contributed by atoms with Gasteiger partial charge < -0.3 is 15.2 Å². The van der Waals surface area contributed by atoms with Gasteiger partial charge in [-0.05, 0) is 37.6 Å². The predicted octanol–water partition coefficient (Wildman–Crippen LogP) is 0.986. The molecule has 3 N–H and O–H groups in total. The van der Waals surface area contributed by atoms with Crippen molar-refractivity contribution in [3.8, 4) is 0 Å². The van der Waals surface area contributed by atoms with Crippen molar-refractivity contribution in [2.45, 2.75) is 25.0 Å². The highest BCUT2D eigenvalue weighted by atomic mass is 19.1. The van der Waals surface area contributed by atoms with E-state index in [-0.39, 0.29) is 12.0 Å². The monoisotopic (exact) mass is 306 g/mol. The van der Waals surface area contributed by atoms with Crippen molar-refractivity contribution < 1.29 is 14.6 Å². The number of nitrogens with one attached hydrogen (secondary N) is 1. The molecule has 1 aliphatic rings. The van der Waals surface area contributed by atoms with E-state index < -0.39 is 11.4 Å². The van der Waals surface area contributed by atoms with Crippen LogP contribution in [0.4, 0.5) is 4.39 Å². The van der Waals surface area contributed by atoms with Crippen LogP contribution in [-0.2, 0) is 6.54 Å². The summed E-state index contributed by atoms with van der Waals surface area (Å²) in [7, 11) is 0. The molecule has 2 aromatic rings. The van der Waals surface area contributed by atoms with E-state index in [4.69, 9.17) is 0 Å². The van der Waals surface area contributed by atoms with E-state index in [1.165, 1.54) is 18.2 Å². The first-order chi connectivity index (χ1) is 10.5. The number of rotatable bonds is 3. The molecular weight excluding hydrogens is 287 g/mol. The molecule has 1 saturated heterocycles. The lowest BCUT2D eigenvalue weighted by Gasteiger charge is -2.37. The van der Waals surface area contributed by atoms with Gasteiger partial charge in [-0.1, -0.05) is 0 Å². The van der Waals surface area contributed by atoms with Gasteiger partial charge in [0.05, 0.1) is 6.61 Å². The van der Waals surface area contributed by atoms with Crippen molar-refractivity contribution >= 4 is 10.9 Å². The standard InChI is InChI=1S/C16H19FN2O3/c17-11-2-3-14-13(6-11)15(21)7-12(18-14)8-19-5-1-4-16(22,9-19)10-20/h2-3,6-7,20,22H,1,4-5,8-10H2,(H,18,21)/t16-/m1/s1. The van der Waals surface area contributed by atoms with Gasteiger partial charge in [0, 0.05) is 35.8 Å². The number of aliphatic hydroxyl groups excluding tert-OH is 1. The largest absolute Gasteiger partial charge is 0.393 e. The summed E-state index contributed by atoms with van der Waals surface area (Å²) in [6, 6.07) is 5.56. The molecular formula is C16H19FN2O3. The van der Waals surface area contributed by atoms with E-state index in [9.17, 15) is 19.4 Å². The summed E-state index contributed by atoms with van der Waals surface area (Å²) in [4.78, 5) is 17.2. The number of aromatic amines is 1. The molecule has 1 aromatic heterocycles. The van der Waals surface area contributed by atoms with Crippen LogP contribution in [0.2, 0.25) is 0 Å². The summed E-state index contributed by atoms with van der Waals surface area (Å²) in [5.41, 5.74) is 0.0146. The fourth-order valence-electron chi connectivity index (χ4n) is 3.07. The van der Waals surface area contributed by atoms with Crippen LogP contribution < -0.4 is 5.43 Å². The second-order valence-electron chi connectivity index (χ2n) is 6.05. The van der Waals surface area contributed by atoms with Crippen LogP contribution in [0.15, 0.2) is 29.1 Å². The number of H-pyrrole nitrogens is 1. The van der Waals surface area contributed by atoms with Crippen molar-refractivity contribution in [3.63, 3.8) is 0 Å². The van der Waals surface area contributed by atoms with Crippen LogP contribution in [0.5, 0.6) is 0 Å². The predicted molar refractivity (Wildman–Crippen MR) is 81.1 cm³/mol. The van der Waals surface area contributed by atoms with Crippen molar-refractivity contribution in [1.82, 2.24) is 9.88 Å². The van der Waals surface area contributed by atoms with Crippen molar-refractivity contribution in [1.29, 1.82) is 0 Å². The lowest BCUT2D eigenvalue weighted by atomic mass is 9.94. The number of aliphatic hydroxyl groups is 2. The summed E-state index contributed by atoms with van der Waals surface area (Å²) in [5, 5.41) is 19.8. The number of β-amino-alcohol motifs (C(OH)–C–C–N with tert-alkyl or cyclic N) is 1. The molecule has 0 amide bonds. The number of hydrogen-bond donors (Lipinski definition) is 3. The Balaban J connectivity index is 1.85. The van der Waals surface area contributed by atoms with E-state index in [1.54, 1.807) is 6.07 Å².